The maximum atomic E-state index is 10.5. The molecule has 1 aromatic rings. The molecule has 2 heteroatoms. The van der Waals surface area contributed by atoms with Gasteiger partial charge in [0, 0.05) is 19.1 Å². The third-order valence-electron chi connectivity index (χ3n) is 5.04. The second-order valence-corrected chi connectivity index (χ2v) is 7.28. The molecule has 1 fully saturated rings. The van der Waals surface area contributed by atoms with E-state index in [0.29, 0.717) is 6.04 Å². The summed E-state index contributed by atoms with van der Waals surface area (Å²) in [4.78, 5) is 2.56. The van der Waals surface area contributed by atoms with Gasteiger partial charge in [-0.05, 0) is 51.0 Å². The number of piperidine rings is 1. The van der Waals surface area contributed by atoms with E-state index in [0.717, 1.165) is 30.4 Å². The Morgan fingerprint density at radius 3 is 2.38 bits per heavy atom. The average Bonchev–Trinajstić information content (AvgIpc) is 2.39. The van der Waals surface area contributed by atoms with Gasteiger partial charge >= 0.3 is 0 Å². The molecule has 21 heavy (non-hydrogen) atoms. The monoisotopic (exact) mass is 289 g/mol. The smallest absolute Gasteiger partial charge is 0.0802 e. The molecule has 4 atom stereocenters. The fraction of sp³-hybridized carbons (Fsp3) is 0.684. The summed E-state index contributed by atoms with van der Waals surface area (Å²) < 4.78 is 0. The Balaban J connectivity index is 1.95. The molecule has 2 nitrogen and oxygen atoms in total. The lowest BCUT2D eigenvalue weighted by atomic mass is 9.86. The van der Waals surface area contributed by atoms with Crippen molar-refractivity contribution in [2.45, 2.75) is 59.6 Å². The molecule has 0 aromatic heterocycles. The van der Waals surface area contributed by atoms with E-state index in [1.807, 2.05) is 0 Å². The number of aliphatic hydroxyl groups is 1. The van der Waals surface area contributed by atoms with E-state index in [-0.39, 0.29) is 6.10 Å². The Kier molecular flexibility index (Phi) is 5.45. The summed E-state index contributed by atoms with van der Waals surface area (Å²) in [6, 6.07) is 7.02. The van der Waals surface area contributed by atoms with Crippen molar-refractivity contribution in [1.29, 1.82) is 0 Å². The van der Waals surface area contributed by atoms with Crippen LogP contribution in [-0.2, 0) is 0 Å². The van der Waals surface area contributed by atoms with Gasteiger partial charge < -0.3 is 10.0 Å². The van der Waals surface area contributed by atoms with Gasteiger partial charge in [-0.25, -0.2) is 0 Å². The Morgan fingerprint density at radius 1 is 1.14 bits per heavy atom. The fourth-order valence-corrected chi connectivity index (χ4v) is 3.78. The van der Waals surface area contributed by atoms with Crippen LogP contribution >= 0.6 is 0 Å². The van der Waals surface area contributed by atoms with Crippen molar-refractivity contribution in [3.63, 3.8) is 0 Å². The Bertz CT molecular complexity index is 450. The minimum Gasteiger partial charge on any atom is -0.388 e. The number of aryl methyl sites for hydroxylation is 2. The first-order valence-electron chi connectivity index (χ1n) is 8.37. The highest BCUT2D eigenvalue weighted by molar-refractivity contribution is 5.29. The van der Waals surface area contributed by atoms with Gasteiger partial charge in [-0.15, -0.1) is 0 Å². The van der Waals surface area contributed by atoms with Gasteiger partial charge in [0.1, 0.15) is 0 Å². The molecule has 1 aliphatic heterocycles. The summed E-state index contributed by atoms with van der Waals surface area (Å²) in [6.45, 7) is 13.4. The molecule has 2 rings (SSSR count). The van der Waals surface area contributed by atoms with Crippen LogP contribution in [0.3, 0.4) is 0 Å². The van der Waals surface area contributed by atoms with Crippen molar-refractivity contribution >= 4 is 0 Å². The lowest BCUT2D eigenvalue weighted by molar-refractivity contribution is 0.0598. The molecule has 1 N–H and O–H groups in total. The predicted octanol–water partition coefficient (Wildman–Crippen LogP) is 4.09. The number of likely N-dealkylation sites (tertiary alicyclic amines) is 1. The summed E-state index contributed by atoms with van der Waals surface area (Å²) in [5.74, 6) is 1.53. The van der Waals surface area contributed by atoms with Crippen molar-refractivity contribution in [3.8, 4) is 0 Å². The van der Waals surface area contributed by atoms with Crippen molar-refractivity contribution in [1.82, 2.24) is 4.90 Å². The summed E-state index contributed by atoms with van der Waals surface area (Å²) in [6.07, 6.45) is 1.81. The average molecular weight is 289 g/mol. The molecule has 0 spiro atoms. The number of benzene rings is 1. The van der Waals surface area contributed by atoms with Crippen LogP contribution in [0, 0.1) is 25.7 Å². The van der Waals surface area contributed by atoms with E-state index in [4.69, 9.17) is 0 Å². The molecular weight excluding hydrogens is 258 g/mol. The lowest BCUT2D eigenvalue weighted by Gasteiger charge is -2.41. The zero-order valence-corrected chi connectivity index (χ0v) is 14.3. The highest BCUT2D eigenvalue weighted by Crippen LogP contribution is 2.28. The topological polar surface area (TPSA) is 23.5 Å². The van der Waals surface area contributed by atoms with Crippen molar-refractivity contribution in [2.24, 2.45) is 11.8 Å². The Labute approximate surface area is 130 Å². The molecule has 1 aliphatic rings. The standard InChI is InChI=1S/C19H31NO/c1-13-8-14(2)11-18(10-13)19(21)6-7-20-12-15(3)9-16(4)17(20)5/h8,10-11,15-17,19,21H,6-7,9,12H2,1-5H3. The lowest BCUT2D eigenvalue weighted by Crippen LogP contribution is -2.46. The van der Waals surface area contributed by atoms with Crippen LogP contribution in [0.1, 0.15) is 56.4 Å². The number of nitrogens with zero attached hydrogens (tertiary/aromatic N) is 1. The second-order valence-electron chi connectivity index (χ2n) is 7.28. The first-order valence-corrected chi connectivity index (χ1v) is 8.37. The third kappa shape index (κ3) is 4.31. The molecule has 0 amide bonds. The summed E-state index contributed by atoms with van der Waals surface area (Å²) >= 11 is 0. The summed E-state index contributed by atoms with van der Waals surface area (Å²) in [5.41, 5.74) is 3.54. The summed E-state index contributed by atoms with van der Waals surface area (Å²) in [7, 11) is 0. The van der Waals surface area contributed by atoms with Gasteiger partial charge in [0.05, 0.1) is 6.10 Å². The maximum absolute atomic E-state index is 10.5. The molecule has 118 valence electrons. The van der Waals surface area contributed by atoms with Gasteiger partial charge in [-0.3, -0.25) is 0 Å². The fourth-order valence-electron chi connectivity index (χ4n) is 3.78. The van der Waals surface area contributed by atoms with Crippen molar-refractivity contribution in [2.75, 3.05) is 13.1 Å². The first kappa shape index (κ1) is 16.5. The predicted molar refractivity (Wildman–Crippen MR) is 89.5 cm³/mol. The van der Waals surface area contributed by atoms with Gasteiger partial charge in [-0.2, -0.15) is 0 Å². The molecular formula is C19H31NO. The number of hydrogen-bond donors (Lipinski definition) is 1. The Hall–Kier alpha value is -0.860. The largest absolute Gasteiger partial charge is 0.388 e. The molecule has 0 aliphatic carbocycles. The van der Waals surface area contributed by atoms with E-state index in [1.54, 1.807) is 0 Å². The highest BCUT2D eigenvalue weighted by atomic mass is 16.3. The molecule has 1 aromatic carbocycles. The molecule has 1 saturated heterocycles. The van der Waals surface area contributed by atoms with E-state index >= 15 is 0 Å². The number of hydrogen-bond acceptors (Lipinski definition) is 2. The molecule has 0 radical (unpaired) electrons. The van der Waals surface area contributed by atoms with Crippen molar-refractivity contribution < 1.29 is 5.11 Å². The van der Waals surface area contributed by atoms with Gasteiger partial charge in [0.2, 0.25) is 0 Å². The van der Waals surface area contributed by atoms with E-state index < -0.39 is 0 Å². The van der Waals surface area contributed by atoms with Crippen LogP contribution in [-0.4, -0.2) is 29.1 Å². The molecule has 1 heterocycles. The summed E-state index contributed by atoms with van der Waals surface area (Å²) in [5, 5.41) is 10.5. The van der Waals surface area contributed by atoms with Crippen LogP contribution in [0.25, 0.3) is 0 Å². The zero-order chi connectivity index (χ0) is 15.6. The Morgan fingerprint density at radius 2 is 1.76 bits per heavy atom. The normalized spacial score (nSPS) is 28.6. The van der Waals surface area contributed by atoms with Gasteiger partial charge in [0.15, 0.2) is 0 Å². The van der Waals surface area contributed by atoms with E-state index in [1.165, 1.54) is 24.1 Å². The van der Waals surface area contributed by atoms with Crippen LogP contribution in [0.4, 0.5) is 0 Å². The third-order valence-corrected chi connectivity index (χ3v) is 5.04. The molecule has 4 unspecified atom stereocenters. The van der Waals surface area contributed by atoms with Crippen LogP contribution in [0.5, 0.6) is 0 Å². The number of aliphatic hydroxyl groups excluding tert-OH is 1. The van der Waals surface area contributed by atoms with Crippen LogP contribution in [0.2, 0.25) is 0 Å². The van der Waals surface area contributed by atoms with Crippen LogP contribution in [0.15, 0.2) is 18.2 Å². The van der Waals surface area contributed by atoms with Crippen molar-refractivity contribution in [3.05, 3.63) is 34.9 Å². The minimum atomic E-state index is -0.344. The maximum Gasteiger partial charge on any atom is 0.0802 e. The van der Waals surface area contributed by atoms with E-state index in [9.17, 15) is 5.11 Å². The van der Waals surface area contributed by atoms with Gasteiger partial charge in [-0.1, -0.05) is 43.2 Å². The zero-order valence-electron chi connectivity index (χ0n) is 14.3. The van der Waals surface area contributed by atoms with Gasteiger partial charge in [0.25, 0.3) is 0 Å². The van der Waals surface area contributed by atoms with E-state index in [2.05, 4.69) is 57.7 Å². The second kappa shape index (κ2) is 6.93. The first-order chi connectivity index (χ1) is 9.86. The minimum absolute atomic E-state index is 0.344. The quantitative estimate of drug-likeness (QED) is 0.902. The molecule has 0 saturated carbocycles. The highest BCUT2D eigenvalue weighted by Gasteiger charge is 2.28. The van der Waals surface area contributed by atoms with Crippen LogP contribution < -0.4 is 0 Å². The SMILES string of the molecule is Cc1cc(C)cc(C(O)CCN2CC(C)CC(C)C2C)c1. The number of rotatable bonds is 4. The molecule has 0 bridgehead atoms.